The molecule has 1 aromatic heterocycles. The van der Waals surface area contributed by atoms with Crippen LogP contribution in [0.3, 0.4) is 0 Å². The fourth-order valence-corrected chi connectivity index (χ4v) is 3.24. The van der Waals surface area contributed by atoms with E-state index in [9.17, 15) is 9.59 Å². The Morgan fingerprint density at radius 1 is 1.12 bits per heavy atom. The number of hydrogen-bond donors (Lipinski definition) is 2. The van der Waals surface area contributed by atoms with Crippen LogP contribution in [0.2, 0.25) is 0 Å². The molecule has 1 rings (SSSR count). The first-order valence-corrected chi connectivity index (χ1v) is 9.93. The van der Waals surface area contributed by atoms with Gasteiger partial charge in [0.05, 0.1) is 5.56 Å². The van der Waals surface area contributed by atoms with E-state index in [0.29, 0.717) is 17.1 Å². The number of anilines is 1. The van der Waals surface area contributed by atoms with Crippen molar-refractivity contribution >= 4 is 28.3 Å². The molecular weight excluding hydrogens is 336 g/mol. The van der Waals surface area contributed by atoms with Crippen molar-refractivity contribution in [3.63, 3.8) is 0 Å². The maximum absolute atomic E-state index is 12.3. The molecule has 1 heterocycles. The van der Waals surface area contributed by atoms with Crippen molar-refractivity contribution in [3.05, 3.63) is 16.5 Å². The molecule has 2 N–H and O–H groups in total. The first-order valence-electron chi connectivity index (χ1n) is 9.11. The third-order valence-electron chi connectivity index (χ3n) is 3.52. The molecule has 0 saturated carbocycles. The summed E-state index contributed by atoms with van der Waals surface area (Å²) in [6, 6.07) is 1.47. The number of aryl methyl sites for hydroxylation is 1. The van der Waals surface area contributed by atoms with E-state index in [1.54, 1.807) is 6.07 Å². The van der Waals surface area contributed by atoms with Crippen molar-refractivity contribution in [2.24, 2.45) is 0 Å². The Bertz CT molecular complexity index is 562. The number of thiophene rings is 1. The summed E-state index contributed by atoms with van der Waals surface area (Å²) in [6.45, 7) is 10.2. The number of rotatable bonds is 9. The van der Waals surface area contributed by atoms with Gasteiger partial charge >= 0.3 is 12.0 Å². The third-order valence-corrected chi connectivity index (χ3v) is 4.48. The molecular formula is C19H32N2O3S. The van der Waals surface area contributed by atoms with Crippen molar-refractivity contribution in [1.82, 2.24) is 5.32 Å². The maximum atomic E-state index is 12.3. The zero-order valence-electron chi connectivity index (χ0n) is 16.2. The number of urea groups is 1. The third kappa shape index (κ3) is 8.91. The topological polar surface area (TPSA) is 67.4 Å². The van der Waals surface area contributed by atoms with Crippen LogP contribution in [-0.2, 0) is 4.74 Å². The van der Waals surface area contributed by atoms with Crippen molar-refractivity contribution in [1.29, 1.82) is 0 Å². The van der Waals surface area contributed by atoms with Crippen molar-refractivity contribution < 1.29 is 14.3 Å². The highest BCUT2D eigenvalue weighted by molar-refractivity contribution is 7.16. The Kier molecular flexibility index (Phi) is 8.97. The molecule has 0 aliphatic carbocycles. The van der Waals surface area contributed by atoms with Gasteiger partial charge in [0.15, 0.2) is 0 Å². The predicted molar refractivity (Wildman–Crippen MR) is 105 cm³/mol. The van der Waals surface area contributed by atoms with E-state index >= 15 is 0 Å². The fraction of sp³-hybridized carbons (Fsp3) is 0.684. The molecule has 0 aliphatic heterocycles. The average Bonchev–Trinajstić information content (AvgIpc) is 2.85. The van der Waals surface area contributed by atoms with E-state index in [-0.39, 0.29) is 6.03 Å². The van der Waals surface area contributed by atoms with Crippen LogP contribution in [0.15, 0.2) is 6.07 Å². The molecule has 2 amide bonds. The number of nitrogens with one attached hydrogen (secondary N) is 2. The van der Waals surface area contributed by atoms with Gasteiger partial charge in [-0.2, -0.15) is 0 Å². The lowest BCUT2D eigenvalue weighted by Gasteiger charge is -2.19. The van der Waals surface area contributed by atoms with Gasteiger partial charge in [0.25, 0.3) is 0 Å². The van der Waals surface area contributed by atoms with Crippen LogP contribution in [0.5, 0.6) is 0 Å². The monoisotopic (exact) mass is 368 g/mol. The van der Waals surface area contributed by atoms with Gasteiger partial charge in [0, 0.05) is 11.4 Å². The molecule has 6 heteroatoms. The number of amides is 2. The molecule has 0 aliphatic rings. The lowest BCUT2D eigenvalue weighted by molar-refractivity contribution is 0.00712. The second-order valence-electron chi connectivity index (χ2n) is 7.25. The van der Waals surface area contributed by atoms with E-state index < -0.39 is 11.6 Å². The number of carbonyl (C=O) groups is 2. The maximum Gasteiger partial charge on any atom is 0.341 e. The molecule has 1 aromatic rings. The Morgan fingerprint density at radius 2 is 1.76 bits per heavy atom. The second kappa shape index (κ2) is 10.4. The van der Waals surface area contributed by atoms with Gasteiger partial charge in [-0.3, -0.25) is 5.32 Å². The van der Waals surface area contributed by atoms with Gasteiger partial charge in [-0.1, -0.05) is 39.0 Å². The van der Waals surface area contributed by atoms with Gasteiger partial charge < -0.3 is 10.1 Å². The summed E-state index contributed by atoms with van der Waals surface area (Å²) >= 11 is 1.38. The highest BCUT2D eigenvalue weighted by Gasteiger charge is 2.23. The van der Waals surface area contributed by atoms with Crippen molar-refractivity contribution in [2.45, 2.75) is 78.7 Å². The Balaban J connectivity index is 2.45. The van der Waals surface area contributed by atoms with E-state index in [1.807, 2.05) is 27.7 Å². The fourth-order valence-electron chi connectivity index (χ4n) is 2.35. The van der Waals surface area contributed by atoms with E-state index in [2.05, 4.69) is 17.6 Å². The number of unbranched alkanes of at least 4 members (excludes halogenated alkanes) is 5. The van der Waals surface area contributed by atoms with Crippen LogP contribution in [0.4, 0.5) is 9.80 Å². The zero-order valence-corrected chi connectivity index (χ0v) is 17.0. The first-order chi connectivity index (χ1) is 11.7. The highest BCUT2D eigenvalue weighted by Crippen LogP contribution is 2.29. The van der Waals surface area contributed by atoms with Crippen molar-refractivity contribution in [2.75, 3.05) is 11.9 Å². The smallest absolute Gasteiger partial charge is 0.341 e. The molecule has 142 valence electrons. The molecule has 0 radical (unpaired) electrons. The van der Waals surface area contributed by atoms with Crippen LogP contribution in [-0.4, -0.2) is 24.1 Å². The molecule has 5 nitrogen and oxygen atoms in total. The number of hydrogen-bond acceptors (Lipinski definition) is 4. The minimum atomic E-state index is -0.565. The summed E-state index contributed by atoms with van der Waals surface area (Å²) in [5.41, 5.74) is -0.156. The van der Waals surface area contributed by atoms with E-state index in [4.69, 9.17) is 4.74 Å². The standard InChI is InChI=1S/C19H32N2O3S/c1-6-7-8-9-10-11-12-20-18(23)21-16-15(13-14(2)25-16)17(22)24-19(3,4)5/h13H,6-12H2,1-5H3,(H2,20,21,23). The van der Waals surface area contributed by atoms with E-state index in [0.717, 1.165) is 17.7 Å². The Hall–Kier alpha value is -1.56. The van der Waals surface area contributed by atoms with Crippen LogP contribution >= 0.6 is 11.3 Å². The molecule has 0 atom stereocenters. The van der Waals surface area contributed by atoms with Gasteiger partial charge in [-0.25, -0.2) is 9.59 Å². The Labute approximate surface area is 155 Å². The normalized spacial score (nSPS) is 11.2. The molecule has 0 spiro atoms. The van der Waals surface area contributed by atoms with Crippen LogP contribution in [0.1, 0.15) is 81.5 Å². The lowest BCUT2D eigenvalue weighted by atomic mass is 10.1. The van der Waals surface area contributed by atoms with Gasteiger partial charge in [-0.15, -0.1) is 11.3 Å². The lowest BCUT2D eigenvalue weighted by Crippen LogP contribution is -2.30. The molecule has 0 aromatic carbocycles. The molecule has 0 unspecified atom stereocenters. The number of ether oxygens (including phenoxy) is 1. The van der Waals surface area contributed by atoms with E-state index in [1.165, 1.54) is 37.0 Å². The largest absolute Gasteiger partial charge is 0.456 e. The van der Waals surface area contributed by atoms with Crippen molar-refractivity contribution in [3.8, 4) is 0 Å². The zero-order chi connectivity index (χ0) is 18.9. The van der Waals surface area contributed by atoms with Crippen LogP contribution < -0.4 is 10.6 Å². The molecule has 25 heavy (non-hydrogen) atoms. The quantitative estimate of drug-likeness (QED) is 0.447. The Morgan fingerprint density at radius 3 is 2.40 bits per heavy atom. The average molecular weight is 369 g/mol. The summed E-state index contributed by atoms with van der Waals surface area (Å²) in [4.78, 5) is 25.3. The predicted octanol–water partition coefficient (Wildman–Crippen LogP) is 5.49. The number of esters is 1. The SMILES string of the molecule is CCCCCCCCNC(=O)Nc1sc(C)cc1C(=O)OC(C)(C)C. The molecule has 0 fully saturated rings. The summed E-state index contributed by atoms with van der Waals surface area (Å²) in [5, 5.41) is 6.16. The highest BCUT2D eigenvalue weighted by atomic mass is 32.1. The second-order valence-corrected chi connectivity index (χ2v) is 8.51. The summed E-state index contributed by atoms with van der Waals surface area (Å²) in [7, 11) is 0. The minimum absolute atomic E-state index is 0.278. The molecule has 0 bridgehead atoms. The minimum Gasteiger partial charge on any atom is -0.456 e. The van der Waals surface area contributed by atoms with Gasteiger partial charge in [0.1, 0.15) is 10.6 Å². The summed E-state index contributed by atoms with van der Waals surface area (Å²) in [6.07, 6.45) is 7.08. The molecule has 0 saturated heterocycles. The van der Waals surface area contributed by atoms with Crippen LogP contribution in [0, 0.1) is 6.92 Å². The summed E-state index contributed by atoms with van der Waals surface area (Å²) < 4.78 is 5.40. The summed E-state index contributed by atoms with van der Waals surface area (Å²) in [5.74, 6) is -0.414. The number of carbonyl (C=O) groups excluding carboxylic acids is 2. The van der Waals surface area contributed by atoms with Gasteiger partial charge in [0.2, 0.25) is 0 Å². The van der Waals surface area contributed by atoms with Gasteiger partial charge in [-0.05, 0) is 40.2 Å². The first kappa shape index (κ1) is 21.5. The van der Waals surface area contributed by atoms with Crippen LogP contribution in [0.25, 0.3) is 0 Å².